The highest BCUT2D eigenvalue weighted by Crippen LogP contribution is 2.26. The van der Waals surface area contributed by atoms with Crippen LogP contribution in [0, 0.1) is 13.8 Å². The fourth-order valence-corrected chi connectivity index (χ4v) is 2.54. The van der Waals surface area contributed by atoms with E-state index >= 15 is 0 Å². The fraction of sp³-hybridized carbons (Fsp3) is 0.350. The topological polar surface area (TPSA) is 47.6 Å². The van der Waals surface area contributed by atoms with E-state index in [9.17, 15) is 4.79 Å². The molecule has 25 heavy (non-hydrogen) atoms. The van der Waals surface area contributed by atoms with Crippen LogP contribution in [0.2, 0.25) is 5.02 Å². The molecule has 0 aliphatic heterocycles. The highest BCUT2D eigenvalue weighted by molar-refractivity contribution is 6.32. The lowest BCUT2D eigenvalue weighted by atomic mass is 10.1. The van der Waals surface area contributed by atoms with Gasteiger partial charge in [0.1, 0.15) is 11.5 Å². The number of ether oxygens (including phenoxy) is 2. The van der Waals surface area contributed by atoms with Crippen molar-refractivity contribution >= 4 is 17.5 Å². The Hall–Kier alpha value is -2.20. The Balaban J connectivity index is 1.89. The summed E-state index contributed by atoms with van der Waals surface area (Å²) in [6.07, 6.45) is -0.595. The number of hydrogen-bond acceptors (Lipinski definition) is 3. The Labute approximate surface area is 154 Å². The molecule has 0 aliphatic carbocycles. The maximum atomic E-state index is 12.2. The van der Waals surface area contributed by atoms with Gasteiger partial charge in [0.25, 0.3) is 5.91 Å². The van der Waals surface area contributed by atoms with Crippen molar-refractivity contribution in [2.45, 2.75) is 40.3 Å². The molecule has 0 saturated carbocycles. The zero-order valence-electron chi connectivity index (χ0n) is 15.1. The van der Waals surface area contributed by atoms with Gasteiger partial charge in [0.05, 0.1) is 6.61 Å². The first-order chi connectivity index (χ1) is 11.9. The molecule has 5 heteroatoms. The average molecular weight is 362 g/mol. The number of carbonyl (C=O) groups is 1. The molecule has 0 aliphatic rings. The molecule has 4 nitrogen and oxygen atoms in total. The Kier molecular flexibility index (Phi) is 6.71. The SMILES string of the molecule is CCOc1ccc(CNC(=O)[C@H](C)Oc2cc(C)c(Cl)c(C)c2)cc1. The number of benzene rings is 2. The second-order valence-electron chi connectivity index (χ2n) is 5.93. The van der Waals surface area contributed by atoms with E-state index in [1.807, 2.05) is 57.2 Å². The molecule has 0 radical (unpaired) electrons. The summed E-state index contributed by atoms with van der Waals surface area (Å²) in [6.45, 7) is 8.58. The lowest BCUT2D eigenvalue weighted by molar-refractivity contribution is -0.127. The molecule has 0 fully saturated rings. The van der Waals surface area contributed by atoms with E-state index in [1.165, 1.54) is 0 Å². The highest BCUT2D eigenvalue weighted by atomic mass is 35.5. The van der Waals surface area contributed by atoms with Crippen LogP contribution < -0.4 is 14.8 Å². The van der Waals surface area contributed by atoms with E-state index in [0.717, 1.165) is 27.5 Å². The highest BCUT2D eigenvalue weighted by Gasteiger charge is 2.15. The molecular weight excluding hydrogens is 338 g/mol. The lowest BCUT2D eigenvalue weighted by Crippen LogP contribution is -2.35. The monoisotopic (exact) mass is 361 g/mol. The second-order valence-corrected chi connectivity index (χ2v) is 6.30. The van der Waals surface area contributed by atoms with Crippen molar-refractivity contribution in [1.29, 1.82) is 0 Å². The number of hydrogen-bond donors (Lipinski definition) is 1. The number of carbonyl (C=O) groups excluding carboxylic acids is 1. The first-order valence-electron chi connectivity index (χ1n) is 8.33. The molecule has 0 bridgehead atoms. The summed E-state index contributed by atoms with van der Waals surface area (Å²) in [5, 5.41) is 3.60. The minimum atomic E-state index is -0.595. The van der Waals surface area contributed by atoms with E-state index < -0.39 is 6.10 Å². The number of nitrogens with one attached hydrogen (secondary N) is 1. The Morgan fingerprint density at radius 3 is 2.28 bits per heavy atom. The van der Waals surface area contributed by atoms with Crippen LogP contribution in [0.4, 0.5) is 0 Å². The van der Waals surface area contributed by atoms with Crippen molar-refractivity contribution in [2.24, 2.45) is 0 Å². The average Bonchev–Trinajstić information content (AvgIpc) is 2.59. The summed E-state index contributed by atoms with van der Waals surface area (Å²) in [6, 6.07) is 11.3. The van der Waals surface area contributed by atoms with Crippen LogP contribution in [-0.2, 0) is 11.3 Å². The first-order valence-corrected chi connectivity index (χ1v) is 8.71. The largest absolute Gasteiger partial charge is 0.494 e. The van der Waals surface area contributed by atoms with Crippen LogP contribution in [0.1, 0.15) is 30.5 Å². The van der Waals surface area contributed by atoms with Crippen molar-refractivity contribution in [2.75, 3.05) is 6.61 Å². The van der Waals surface area contributed by atoms with E-state index in [4.69, 9.17) is 21.1 Å². The van der Waals surface area contributed by atoms with Crippen molar-refractivity contribution < 1.29 is 14.3 Å². The predicted molar refractivity (Wildman–Crippen MR) is 100 cm³/mol. The molecule has 1 N–H and O–H groups in total. The predicted octanol–water partition coefficient (Wildman–Crippen LogP) is 4.44. The van der Waals surface area contributed by atoms with Gasteiger partial charge in [0.15, 0.2) is 6.10 Å². The van der Waals surface area contributed by atoms with E-state index in [-0.39, 0.29) is 5.91 Å². The van der Waals surface area contributed by atoms with E-state index in [2.05, 4.69) is 5.32 Å². The molecule has 134 valence electrons. The molecule has 0 heterocycles. The molecule has 2 aromatic carbocycles. The van der Waals surface area contributed by atoms with Crippen LogP contribution in [0.25, 0.3) is 0 Å². The van der Waals surface area contributed by atoms with Gasteiger partial charge in [0, 0.05) is 11.6 Å². The number of aryl methyl sites for hydroxylation is 2. The fourth-order valence-electron chi connectivity index (χ4n) is 2.43. The smallest absolute Gasteiger partial charge is 0.261 e. The summed E-state index contributed by atoms with van der Waals surface area (Å²) < 4.78 is 11.1. The molecule has 1 amide bonds. The Morgan fingerprint density at radius 2 is 1.72 bits per heavy atom. The van der Waals surface area contributed by atoms with Gasteiger partial charge in [-0.25, -0.2) is 0 Å². The van der Waals surface area contributed by atoms with Crippen molar-refractivity contribution in [1.82, 2.24) is 5.32 Å². The van der Waals surface area contributed by atoms with Crippen LogP contribution in [-0.4, -0.2) is 18.6 Å². The van der Waals surface area contributed by atoms with Crippen LogP contribution in [0.15, 0.2) is 36.4 Å². The molecule has 1 atom stereocenters. The summed E-state index contributed by atoms with van der Waals surface area (Å²) in [5.74, 6) is 1.30. The quantitative estimate of drug-likeness (QED) is 0.793. The van der Waals surface area contributed by atoms with Crippen molar-refractivity contribution in [3.63, 3.8) is 0 Å². The van der Waals surface area contributed by atoms with Crippen LogP contribution >= 0.6 is 11.6 Å². The first kappa shape index (κ1) is 19.1. The minimum absolute atomic E-state index is 0.167. The van der Waals surface area contributed by atoms with E-state index in [1.54, 1.807) is 6.92 Å². The molecule has 0 spiro atoms. The maximum Gasteiger partial charge on any atom is 0.261 e. The third kappa shape index (κ3) is 5.40. The zero-order chi connectivity index (χ0) is 18.4. The normalized spacial score (nSPS) is 11.7. The van der Waals surface area contributed by atoms with Gasteiger partial charge in [-0.2, -0.15) is 0 Å². The summed E-state index contributed by atoms with van der Waals surface area (Å²) in [5.41, 5.74) is 2.86. The Morgan fingerprint density at radius 1 is 1.12 bits per heavy atom. The standard InChI is InChI=1S/C20H24ClNO3/c1-5-24-17-8-6-16(7-9-17)12-22-20(23)15(4)25-18-10-13(2)19(21)14(3)11-18/h6-11,15H,5,12H2,1-4H3,(H,22,23)/t15-/m0/s1. The van der Waals surface area contributed by atoms with Gasteiger partial charge in [-0.1, -0.05) is 23.7 Å². The minimum Gasteiger partial charge on any atom is -0.494 e. The van der Waals surface area contributed by atoms with Gasteiger partial charge >= 0.3 is 0 Å². The molecule has 2 aromatic rings. The van der Waals surface area contributed by atoms with Crippen LogP contribution in [0.5, 0.6) is 11.5 Å². The number of rotatable bonds is 7. The molecule has 0 saturated heterocycles. The van der Waals surface area contributed by atoms with Crippen LogP contribution in [0.3, 0.4) is 0 Å². The summed E-state index contributed by atoms with van der Waals surface area (Å²) in [4.78, 5) is 12.2. The van der Waals surface area contributed by atoms with Gasteiger partial charge in [-0.3, -0.25) is 4.79 Å². The van der Waals surface area contributed by atoms with Gasteiger partial charge in [0.2, 0.25) is 0 Å². The summed E-state index contributed by atoms with van der Waals surface area (Å²) in [7, 11) is 0. The van der Waals surface area contributed by atoms with Crippen molar-refractivity contribution in [3.8, 4) is 11.5 Å². The van der Waals surface area contributed by atoms with Gasteiger partial charge < -0.3 is 14.8 Å². The second kappa shape index (κ2) is 8.77. The van der Waals surface area contributed by atoms with Gasteiger partial charge in [-0.05, 0) is 68.7 Å². The molecule has 2 rings (SSSR count). The zero-order valence-corrected chi connectivity index (χ0v) is 15.8. The lowest BCUT2D eigenvalue weighted by Gasteiger charge is -2.16. The number of halogens is 1. The molecule has 0 aromatic heterocycles. The van der Waals surface area contributed by atoms with Crippen molar-refractivity contribution in [3.05, 3.63) is 58.1 Å². The third-order valence-electron chi connectivity index (χ3n) is 3.79. The summed E-state index contributed by atoms with van der Waals surface area (Å²) >= 11 is 6.15. The van der Waals surface area contributed by atoms with Gasteiger partial charge in [-0.15, -0.1) is 0 Å². The number of amides is 1. The Bertz CT molecular complexity index is 705. The third-order valence-corrected chi connectivity index (χ3v) is 4.39. The molecular formula is C20H24ClNO3. The maximum absolute atomic E-state index is 12.2. The van der Waals surface area contributed by atoms with E-state index in [0.29, 0.717) is 18.9 Å². The molecule has 0 unspecified atom stereocenters.